The van der Waals surface area contributed by atoms with E-state index in [0.29, 0.717) is 11.4 Å². The smallest absolute Gasteiger partial charge is 0.303 e. The Morgan fingerprint density at radius 2 is 2.08 bits per heavy atom. The minimum Gasteiger partial charge on any atom is -0.303 e. The van der Waals surface area contributed by atoms with Crippen LogP contribution in [0.5, 0.6) is 0 Å². The number of rotatable bonds is 3. The maximum atomic E-state index is 11.7. The Morgan fingerprint density at radius 1 is 1.38 bits per heavy atom. The molecule has 0 aromatic carbocycles. The molecule has 0 aliphatic heterocycles. The van der Waals surface area contributed by atoms with E-state index in [1.165, 1.54) is 0 Å². The molecule has 0 aliphatic carbocycles. The number of nitrogens with one attached hydrogen (secondary N) is 1. The molecule has 13 heavy (non-hydrogen) atoms. The number of nitrogens with zero attached hydrogens (tertiary/aromatic N) is 2. The quantitative estimate of drug-likeness (QED) is 0.782. The second kappa shape index (κ2) is 3.73. The molecule has 1 rings (SSSR count). The molecule has 4 nitrogen and oxygen atoms in total. The van der Waals surface area contributed by atoms with Crippen molar-refractivity contribution in [1.29, 1.82) is 0 Å². The van der Waals surface area contributed by atoms with Gasteiger partial charge < -0.3 is 5.32 Å². The van der Waals surface area contributed by atoms with Crippen molar-refractivity contribution in [2.75, 3.05) is 6.54 Å². The average molecular weight is 195 g/mol. The van der Waals surface area contributed by atoms with Gasteiger partial charge in [-0.3, -0.25) is 0 Å². The molecule has 0 atom stereocenters. The molecule has 1 aromatic rings. The second-order valence-electron chi connectivity index (χ2n) is 2.52. The zero-order valence-electron chi connectivity index (χ0n) is 6.85. The van der Waals surface area contributed by atoms with Crippen molar-refractivity contribution < 1.29 is 17.8 Å². The molecule has 74 valence electrons. The minimum absolute atomic E-state index is 0.00877. The van der Waals surface area contributed by atoms with E-state index in [9.17, 15) is 13.2 Å². The van der Waals surface area contributed by atoms with Gasteiger partial charge in [-0.2, -0.15) is 13.2 Å². The van der Waals surface area contributed by atoms with Gasteiger partial charge in [-0.05, 0) is 6.92 Å². The van der Waals surface area contributed by atoms with Gasteiger partial charge in [0.1, 0.15) is 11.4 Å². The number of aryl methyl sites for hydroxylation is 1. The number of hydrogen-bond donors (Lipinski definition) is 1. The predicted octanol–water partition coefficient (Wildman–Crippen LogP) is 1.03. The lowest BCUT2D eigenvalue weighted by atomic mass is 10.3. The van der Waals surface area contributed by atoms with Crippen LogP contribution in [0.3, 0.4) is 0 Å². The monoisotopic (exact) mass is 195 g/mol. The van der Waals surface area contributed by atoms with Crippen LogP contribution in [0.25, 0.3) is 0 Å². The fourth-order valence-electron chi connectivity index (χ4n) is 0.733. The lowest BCUT2D eigenvalue weighted by molar-refractivity contribution is -0.125. The maximum absolute atomic E-state index is 11.7. The van der Waals surface area contributed by atoms with E-state index in [1.54, 1.807) is 6.92 Å². The topological polar surface area (TPSA) is 51.0 Å². The van der Waals surface area contributed by atoms with Crippen molar-refractivity contribution in [2.45, 2.75) is 19.6 Å². The van der Waals surface area contributed by atoms with Crippen LogP contribution in [-0.2, 0) is 6.54 Å². The first-order valence-electron chi connectivity index (χ1n) is 3.54. The highest BCUT2D eigenvalue weighted by molar-refractivity contribution is 5.03. The summed E-state index contributed by atoms with van der Waals surface area (Å²) < 4.78 is 39.3. The summed E-state index contributed by atoms with van der Waals surface area (Å²) in [6, 6.07) is 0. The molecule has 0 fully saturated rings. The summed E-state index contributed by atoms with van der Waals surface area (Å²) in [6.07, 6.45) is -4.20. The Hall–Kier alpha value is -1.11. The van der Waals surface area contributed by atoms with Crippen molar-refractivity contribution in [3.8, 4) is 0 Å². The highest BCUT2D eigenvalue weighted by Gasteiger charge is 2.26. The van der Waals surface area contributed by atoms with E-state index in [0.717, 1.165) is 0 Å². The van der Waals surface area contributed by atoms with Gasteiger partial charge in [-0.15, -0.1) is 0 Å². The number of hydrogen-bond acceptors (Lipinski definition) is 4. The Morgan fingerprint density at radius 3 is 2.54 bits per heavy atom. The van der Waals surface area contributed by atoms with E-state index in [-0.39, 0.29) is 6.54 Å². The summed E-state index contributed by atoms with van der Waals surface area (Å²) in [7, 11) is 0. The molecule has 0 unspecified atom stereocenters. The van der Waals surface area contributed by atoms with E-state index >= 15 is 0 Å². The summed E-state index contributed by atoms with van der Waals surface area (Å²) >= 11 is 0. The van der Waals surface area contributed by atoms with Gasteiger partial charge in [0.15, 0.2) is 0 Å². The standard InChI is InChI=1S/C6H8F3N3O/c1-4-5(12-13-11-4)2-10-3-6(7,8)9/h10H,2-3H2,1H3. The van der Waals surface area contributed by atoms with Crippen LogP contribution in [0.15, 0.2) is 4.63 Å². The molecule has 0 saturated heterocycles. The van der Waals surface area contributed by atoms with E-state index in [2.05, 4.69) is 20.3 Å². The van der Waals surface area contributed by atoms with Crippen LogP contribution in [0.1, 0.15) is 11.4 Å². The van der Waals surface area contributed by atoms with Crippen molar-refractivity contribution in [3.05, 3.63) is 11.4 Å². The molecule has 0 saturated carbocycles. The first-order chi connectivity index (χ1) is 5.99. The fraction of sp³-hybridized carbons (Fsp3) is 0.667. The highest BCUT2D eigenvalue weighted by Crippen LogP contribution is 2.12. The van der Waals surface area contributed by atoms with Gasteiger partial charge in [0.25, 0.3) is 0 Å². The zero-order valence-corrected chi connectivity index (χ0v) is 6.85. The predicted molar refractivity (Wildman–Crippen MR) is 36.8 cm³/mol. The summed E-state index contributed by atoms with van der Waals surface area (Å²) in [5.74, 6) is 0. The van der Waals surface area contributed by atoms with Crippen LogP contribution in [0, 0.1) is 6.92 Å². The Bertz CT molecular complexity index is 270. The Labute approximate surface area is 72.1 Å². The highest BCUT2D eigenvalue weighted by atomic mass is 19.4. The molecule has 1 aromatic heterocycles. The first-order valence-corrected chi connectivity index (χ1v) is 3.54. The van der Waals surface area contributed by atoms with E-state index in [1.807, 2.05) is 0 Å². The molecular weight excluding hydrogens is 187 g/mol. The molecular formula is C6H8F3N3O. The van der Waals surface area contributed by atoms with Gasteiger partial charge >= 0.3 is 6.18 Å². The van der Waals surface area contributed by atoms with Crippen molar-refractivity contribution in [3.63, 3.8) is 0 Å². The molecule has 0 radical (unpaired) electrons. The molecule has 0 spiro atoms. The average Bonchev–Trinajstić information content (AvgIpc) is 2.34. The van der Waals surface area contributed by atoms with Crippen molar-refractivity contribution in [1.82, 2.24) is 15.6 Å². The van der Waals surface area contributed by atoms with Crippen LogP contribution in [0.2, 0.25) is 0 Å². The molecule has 1 heterocycles. The van der Waals surface area contributed by atoms with Gasteiger partial charge in [-0.1, -0.05) is 10.3 Å². The number of aromatic nitrogens is 2. The van der Waals surface area contributed by atoms with Crippen molar-refractivity contribution in [2.24, 2.45) is 0 Å². The molecule has 1 N–H and O–H groups in total. The molecule has 0 amide bonds. The largest absolute Gasteiger partial charge is 0.401 e. The Balaban J connectivity index is 2.32. The van der Waals surface area contributed by atoms with Crippen LogP contribution < -0.4 is 5.32 Å². The Kier molecular flexibility index (Phi) is 2.86. The second-order valence-corrected chi connectivity index (χ2v) is 2.52. The summed E-state index contributed by atoms with van der Waals surface area (Å²) in [4.78, 5) is 0. The maximum Gasteiger partial charge on any atom is 0.401 e. The van der Waals surface area contributed by atoms with Gasteiger partial charge in [0.2, 0.25) is 0 Å². The SMILES string of the molecule is Cc1nonc1CNCC(F)(F)F. The third kappa shape index (κ3) is 3.41. The minimum atomic E-state index is -4.20. The summed E-state index contributed by atoms with van der Waals surface area (Å²) in [6.45, 7) is 0.579. The number of alkyl halides is 3. The molecule has 0 aliphatic rings. The van der Waals surface area contributed by atoms with Gasteiger partial charge in [-0.25, -0.2) is 4.63 Å². The van der Waals surface area contributed by atoms with Crippen LogP contribution in [0.4, 0.5) is 13.2 Å². The van der Waals surface area contributed by atoms with Crippen molar-refractivity contribution >= 4 is 0 Å². The molecule has 0 bridgehead atoms. The fourth-order valence-corrected chi connectivity index (χ4v) is 0.733. The van der Waals surface area contributed by atoms with Crippen LogP contribution >= 0.6 is 0 Å². The van der Waals surface area contributed by atoms with Crippen LogP contribution in [-0.4, -0.2) is 23.0 Å². The third-order valence-electron chi connectivity index (χ3n) is 1.36. The first kappa shape index (κ1) is 9.97. The van der Waals surface area contributed by atoms with Gasteiger partial charge in [0.05, 0.1) is 6.54 Å². The van der Waals surface area contributed by atoms with E-state index in [4.69, 9.17) is 0 Å². The van der Waals surface area contributed by atoms with E-state index < -0.39 is 12.7 Å². The summed E-state index contributed by atoms with van der Waals surface area (Å²) in [5, 5.41) is 9.02. The molecule has 7 heteroatoms. The van der Waals surface area contributed by atoms with Gasteiger partial charge in [0, 0.05) is 6.54 Å². The normalized spacial score (nSPS) is 12.0. The lowest BCUT2D eigenvalue weighted by Gasteiger charge is -2.05. The zero-order chi connectivity index (χ0) is 9.90. The summed E-state index contributed by atoms with van der Waals surface area (Å²) in [5.41, 5.74) is 0.888. The lowest BCUT2D eigenvalue weighted by Crippen LogP contribution is -2.28. The third-order valence-corrected chi connectivity index (χ3v) is 1.36. The number of halogens is 3.